The van der Waals surface area contributed by atoms with Gasteiger partial charge in [-0.15, -0.1) is 0 Å². The molecule has 0 aromatic carbocycles. The van der Waals surface area contributed by atoms with Crippen molar-refractivity contribution in [1.29, 1.82) is 0 Å². The monoisotopic (exact) mass is 475 g/mol. The van der Waals surface area contributed by atoms with Crippen molar-refractivity contribution in [3.05, 3.63) is 0 Å². The summed E-state index contributed by atoms with van der Waals surface area (Å²) in [6, 6.07) is 0. The normalized spacial score (nSPS) is 48.9. The molecule has 0 bridgehead atoms. The number of fused-ring (bicyclic) bond motifs is 5. The predicted octanol–water partition coefficient (Wildman–Crippen LogP) is 5.67. The molecule has 5 nitrogen and oxygen atoms in total. The molecular formula is C29H49NO4. The maximum atomic E-state index is 12.0. The molecule has 10 atom stereocenters. The molecule has 194 valence electrons. The first-order valence-corrected chi connectivity index (χ1v) is 14.4. The van der Waals surface area contributed by atoms with Gasteiger partial charge in [0.25, 0.3) is 0 Å². The summed E-state index contributed by atoms with van der Waals surface area (Å²) in [5.41, 5.74) is 0.537. The van der Waals surface area contributed by atoms with Crippen LogP contribution >= 0.6 is 0 Å². The Kier molecular flexibility index (Phi) is 6.54. The van der Waals surface area contributed by atoms with Gasteiger partial charge in [-0.2, -0.15) is 0 Å². The van der Waals surface area contributed by atoms with E-state index in [0.29, 0.717) is 47.5 Å². The molecule has 5 heteroatoms. The van der Waals surface area contributed by atoms with Crippen LogP contribution in [0, 0.1) is 46.3 Å². The van der Waals surface area contributed by atoms with E-state index in [9.17, 15) is 15.0 Å². The number of aliphatic hydroxyl groups is 2. The summed E-state index contributed by atoms with van der Waals surface area (Å²) in [6.07, 6.45) is 12.4. The summed E-state index contributed by atoms with van der Waals surface area (Å²) in [4.78, 5) is 12.0. The molecule has 0 aromatic heterocycles. The van der Waals surface area contributed by atoms with Crippen LogP contribution < -0.4 is 5.32 Å². The SMILES string of the molecule is CC[C@H]1[C@@H](O)[C@@H]2[C@H](CC[C@]3(C)[C@@H](CCCOC(=O)NC4(C)CC4)CC[C@@H]23)[C@@]2(C)CC[C@@H](O)C[C@@H]12. The fourth-order valence-electron chi connectivity index (χ4n) is 9.63. The topological polar surface area (TPSA) is 78.8 Å². The van der Waals surface area contributed by atoms with Crippen molar-refractivity contribution in [1.82, 2.24) is 5.32 Å². The van der Waals surface area contributed by atoms with Crippen molar-refractivity contribution in [3.8, 4) is 0 Å². The van der Waals surface area contributed by atoms with Gasteiger partial charge in [0, 0.05) is 5.54 Å². The predicted molar refractivity (Wildman–Crippen MR) is 133 cm³/mol. The molecule has 0 saturated heterocycles. The van der Waals surface area contributed by atoms with Crippen molar-refractivity contribution in [2.24, 2.45) is 46.3 Å². The van der Waals surface area contributed by atoms with Crippen LogP contribution in [0.2, 0.25) is 0 Å². The first kappa shape index (κ1) is 24.9. The number of aliphatic hydroxyl groups excluding tert-OH is 2. The van der Waals surface area contributed by atoms with Gasteiger partial charge in [0.05, 0.1) is 18.8 Å². The van der Waals surface area contributed by atoms with E-state index in [0.717, 1.165) is 51.4 Å². The first-order chi connectivity index (χ1) is 16.1. The number of amides is 1. The average Bonchev–Trinajstić information content (AvgIpc) is 3.41. The van der Waals surface area contributed by atoms with Crippen LogP contribution in [0.3, 0.4) is 0 Å². The third kappa shape index (κ3) is 4.11. The maximum absolute atomic E-state index is 12.0. The highest BCUT2D eigenvalue weighted by atomic mass is 16.5. The molecule has 5 aliphatic rings. The molecule has 0 spiro atoms. The lowest BCUT2D eigenvalue weighted by molar-refractivity contribution is -0.202. The van der Waals surface area contributed by atoms with E-state index in [1.54, 1.807) is 0 Å². The number of alkyl carbamates (subject to hydrolysis) is 1. The van der Waals surface area contributed by atoms with Gasteiger partial charge in [-0.1, -0.05) is 27.2 Å². The standard InChI is InChI=1S/C29H49NO4/c1-5-20-23-17-19(31)10-12-29(23,4)22-11-13-28(3)18(8-9-21(28)24(22)25(20)32)7-6-16-34-26(33)30-27(2)14-15-27/h18-25,31-32H,5-17H2,1-4H3,(H,30,33)/t18-,19+,20+,21-,22-,23-,24-,25+,28+,29+/m0/s1. The molecule has 3 N–H and O–H groups in total. The van der Waals surface area contributed by atoms with Gasteiger partial charge in [0.1, 0.15) is 0 Å². The smallest absolute Gasteiger partial charge is 0.407 e. The van der Waals surface area contributed by atoms with Gasteiger partial charge in [0.2, 0.25) is 0 Å². The lowest BCUT2D eigenvalue weighted by atomic mass is 9.41. The van der Waals surface area contributed by atoms with Crippen LogP contribution in [0.5, 0.6) is 0 Å². The van der Waals surface area contributed by atoms with E-state index < -0.39 is 0 Å². The van der Waals surface area contributed by atoms with Crippen molar-refractivity contribution in [2.75, 3.05) is 6.61 Å². The Morgan fingerprint density at radius 1 is 0.941 bits per heavy atom. The van der Waals surface area contributed by atoms with E-state index >= 15 is 0 Å². The maximum Gasteiger partial charge on any atom is 0.407 e. The lowest BCUT2D eigenvalue weighted by Crippen LogP contribution is -2.62. The Balaban J connectivity index is 1.24. The van der Waals surface area contributed by atoms with Crippen molar-refractivity contribution in [3.63, 3.8) is 0 Å². The van der Waals surface area contributed by atoms with Gasteiger partial charge in [-0.25, -0.2) is 4.79 Å². The van der Waals surface area contributed by atoms with Crippen molar-refractivity contribution < 1.29 is 19.7 Å². The van der Waals surface area contributed by atoms with Gasteiger partial charge in [-0.05, 0) is 124 Å². The van der Waals surface area contributed by atoms with Crippen LogP contribution in [0.1, 0.15) is 105 Å². The summed E-state index contributed by atoms with van der Waals surface area (Å²) < 4.78 is 5.49. The van der Waals surface area contributed by atoms with Crippen LogP contribution in [0.25, 0.3) is 0 Å². The summed E-state index contributed by atoms with van der Waals surface area (Å²) in [5.74, 6) is 3.05. The number of carbonyl (C=O) groups is 1. The second kappa shape index (κ2) is 8.94. The van der Waals surface area contributed by atoms with E-state index in [2.05, 4.69) is 33.0 Å². The largest absolute Gasteiger partial charge is 0.450 e. The second-order valence-corrected chi connectivity index (χ2v) is 13.7. The fourth-order valence-corrected chi connectivity index (χ4v) is 9.63. The quantitative estimate of drug-likeness (QED) is 0.432. The fraction of sp³-hybridized carbons (Fsp3) is 0.966. The summed E-state index contributed by atoms with van der Waals surface area (Å²) in [6.45, 7) is 9.85. The highest BCUT2D eigenvalue weighted by molar-refractivity contribution is 5.68. The Bertz CT molecular complexity index is 767. The molecule has 0 aromatic rings. The Morgan fingerprint density at radius 3 is 2.35 bits per heavy atom. The molecule has 0 aliphatic heterocycles. The Morgan fingerprint density at radius 2 is 1.65 bits per heavy atom. The summed E-state index contributed by atoms with van der Waals surface area (Å²) in [5, 5.41) is 25.2. The molecule has 34 heavy (non-hydrogen) atoms. The highest BCUT2D eigenvalue weighted by Gasteiger charge is 2.64. The molecule has 0 radical (unpaired) electrons. The molecule has 5 fully saturated rings. The Hall–Kier alpha value is -0.810. The average molecular weight is 476 g/mol. The zero-order valence-corrected chi connectivity index (χ0v) is 22.0. The summed E-state index contributed by atoms with van der Waals surface area (Å²) >= 11 is 0. The van der Waals surface area contributed by atoms with Gasteiger partial charge >= 0.3 is 6.09 Å². The number of hydrogen-bond acceptors (Lipinski definition) is 4. The molecule has 0 heterocycles. The number of rotatable bonds is 6. The molecule has 0 unspecified atom stereocenters. The zero-order valence-electron chi connectivity index (χ0n) is 22.0. The van der Waals surface area contributed by atoms with E-state index in [-0.39, 0.29) is 29.3 Å². The number of hydrogen-bond donors (Lipinski definition) is 3. The zero-order chi connectivity index (χ0) is 24.3. The van der Waals surface area contributed by atoms with Crippen LogP contribution in [-0.4, -0.2) is 40.7 Å². The Labute approximate surface area is 206 Å². The minimum absolute atomic E-state index is 0.0227. The van der Waals surface area contributed by atoms with Gasteiger partial charge in [-0.3, -0.25) is 0 Å². The molecular weight excluding hydrogens is 426 g/mol. The third-order valence-corrected chi connectivity index (χ3v) is 11.9. The minimum Gasteiger partial charge on any atom is -0.450 e. The molecule has 5 rings (SSSR count). The number of nitrogens with one attached hydrogen (secondary N) is 1. The van der Waals surface area contributed by atoms with Gasteiger partial charge < -0.3 is 20.3 Å². The third-order valence-electron chi connectivity index (χ3n) is 11.9. The van der Waals surface area contributed by atoms with E-state index in [1.165, 1.54) is 25.7 Å². The van der Waals surface area contributed by atoms with Crippen LogP contribution in [0.4, 0.5) is 4.79 Å². The second-order valence-electron chi connectivity index (χ2n) is 13.7. The van der Waals surface area contributed by atoms with Crippen LogP contribution in [0.15, 0.2) is 0 Å². The first-order valence-electron chi connectivity index (χ1n) is 14.4. The summed E-state index contributed by atoms with van der Waals surface area (Å²) in [7, 11) is 0. The van der Waals surface area contributed by atoms with E-state index in [4.69, 9.17) is 4.74 Å². The van der Waals surface area contributed by atoms with Gasteiger partial charge in [0.15, 0.2) is 0 Å². The number of carbonyl (C=O) groups excluding carboxylic acids is 1. The van der Waals surface area contributed by atoms with Crippen molar-refractivity contribution >= 4 is 6.09 Å². The molecule has 1 amide bonds. The number of ether oxygens (including phenoxy) is 1. The molecule has 5 aliphatic carbocycles. The van der Waals surface area contributed by atoms with Crippen molar-refractivity contribution in [2.45, 2.75) is 122 Å². The van der Waals surface area contributed by atoms with E-state index in [1.807, 2.05) is 0 Å². The molecule has 5 saturated carbocycles. The highest BCUT2D eigenvalue weighted by Crippen LogP contribution is 2.69. The minimum atomic E-state index is -0.257. The van der Waals surface area contributed by atoms with Crippen LogP contribution in [-0.2, 0) is 4.74 Å². The lowest BCUT2D eigenvalue weighted by Gasteiger charge is -2.64.